The number of nitrogens with one attached hydrogen (secondary N) is 1. The maximum Gasteiger partial charge on any atom is 0.162 e. The van der Waals surface area contributed by atoms with Crippen molar-refractivity contribution in [3.05, 3.63) is 35.5 Å². The van der Waals surface area contributed by atoms with Crippen LogP contribution >= 0.6 is 0 Å². The highest BCUT2D eigenvalue weighted by atomic mass is 16.3. The first-order chi connectivity index (χ1) is 7.84. The van der Waals surface area contributed by atoms with Crippen LogP contribution in [0.25, 0.3) is 11.4 Å². The largest absolute Gasteiger partial charge is 0.472 e. The van der Waals surface area contributed by atoms with Gasteiger partial charge in [-0.25, -0.2) is 9.97 Å². The van der Waals surface area contributed by atoms with Gasteiger partial charge in [0.25, 0.3) is 0 Å². The van der Waals surface area contributed by atoms with E-state index in [9.17, 15) is 0 Å². The normalized spacial score (nSPS) is 14.8. The smallest absolute Gasteiger partial charge is 0.162 e. The van der Waals surface area contributed by atoms with Gasteiger partial charge in [0.1, 0.15) is 6.26 Å². The number of aromatic nitrogens is 2. The predicted molar refractivity (Wildman–Crippen MR) is 59.9 cm³/mol. The molecular formula is C12H13N3O. The average molecular weight is 215 g/mol. The second-order valence-electron chi connectivity index (χ2n) is 4.00. The Kier molecular flexibility index (Phi) is 2.22. The Morgan fingerprint density at radius 3 is 3.12 bits per heavy atom. The summed E-state index contributed by atoms with van der Waals surface area (Å²) in [5.74, 6) is 0.758. The lowest BCUT2D eigenvalue weighted by Crippen LogP contribution is -2.26. The Balaban J connectivity index is 2.12. The fourth-order valence-electron chi connectivity index (χ4n) is 2.07. The number of hydrogen-bond donors (Lipinski definition) is 1. The lowest BCUT2D eigenvalue weighted by Gasteiger charge is -2.18. The third kappa shape index (κ3) is 1.51. The predicted octanol–water partition coefficient (Wildman–Crippen LogP) is 1.69. The molecule has 0 radical (unpaired) electrons. The SMILES string of the molecule is Cc1nc(-c2ccoc2)nc2c1CCNC2. The van der Waals surface area contributed by atoms with E-state index in [-0.39, 0.29) is 0 Å². The van der Waals surface area contributed by atoms with Gasteiger partial charge in [0.2, 0.25) is 0 Å². The zero-order valence-corrected chi connectivity index (χ0v) is 9.16. The fraction of sp³-hybridized carbons (Fsp3) is 0.333. The number of aryl methyl sites for hydroxylation is 1. The Morgan fingerprint density at radius 2 is 2.31 bits per heavy atom. The molecule has 2 aromatic heterocycles. The Hall–Kier alpha value is -1.68. The first kappa shape index (κ1) is 9.54. The van der Waals surface area contributed by atoms with Crippen molar-refractivity contribution in [2.45, 2.75) is 19.9 Å². The molecule has 0 aliphatic carbocycles. The van der Waals surface area contributed by atoms with Crippen LogP contribution in [0.1, 0.15) is 17.0 Å². The van der Waals surface area contributed by atoms with Gasteiger partial charge in [-0.15, -0.1) is 0 Å². The molecule has 1 N–H and O–H groups in total. The van der Waals surface area contributed by atoms with Crippen LogP contribution in [0, 0.1) is 6.92 Å². The van der Waals surface area contributed by atoms with Gasteiger partial charge in [0.15, 0.2) is 5.82 Å². The van der Waals surface area contributed by atoms with Crippen LogP contribution in [0.3, 0.4) is 0 Å². The number of rotatable bonds is 1. The molecule has 3 rings (SSSR count). The van der Waals surface area contributed by atoms with E-state index >= 15 is 0 Å². The van der Waals surface area contributed by atoms with Gasteiger partial charge in [-0.1, -0.05) is 0 Å². The molecule has 4 nitrogen and oxygen atoms in total. The molecule has 0 saturated carbocycles. The maximum absolute atomic E-state index is 5.06. The fourth-order valence-corrected chi connectivity index (χ4v) is 2.07. The van der Waals surface area contributed by atoms with Crippen molar-refractivity contribution < 1.29 is 4.42 Å². The summed E-state index contributed by atoms with van der Waals surface area (Å²) in [7, 11) is 0. The molecule has 16 heavy (non-hydrogen) atoms. The topological polar surface area (TPSA) is 51.0 Å². The van der Waals surface area contributed by atoms with Crippen molar-refractivity contribution in [3.63, 3.8) is 0 Å². The van der Waals surface area contributed by atoms with Crippen molar-refractivity contribution in [1.29, 1.82) is 0 Å². The third-order valence-electron chi connectivity index (χ3n) is 2.92. The molecule has 82 valence electrons. The lowest BCUT2D eigenvalue weighted by atomic mass is 10.0. The molecule has 0 bridgehead atoms. The van der Waals surface area contributed by atoms with Gasteiger partial charge in [-0.2, -0.15) is 0 Å². The Bertz CT molecular complexity index is 505. The van der Waals surface area contributed by atoms with Crippen molar-refractivity contribution in [2.75, 3.05) is 6.54 Å². The van der Waals surface area contributed by atoms with E-state index in [1.54, 1.807) is 12.5 Å². The van der Waals surface area contributed by atoms with Gasteiger partial charge in [-0.3, -0.25) is 0 Å². The molecule has 4 heteroatoms. The number of furan rings is 1. The van der Waals surface area contributed by atoms with E-state index in [1.807, 2.05) is 6.07 Å². The van der Waals surface area contributed by atoms with E-state index in [2.05, 4.69) is 22.2 Å². The van der Waals surface area contributed by atoms with E-state index < -0.39 is 0 Å². The highest BCUT2D eigenvalue weighted by Crippen LogP contribution is 2.21. The standard InChI is InChI=1S/C12H13N3O/c1-8-10-2-4-13-6-11(10)15-12(14-8)9-3-5-16-7-9/h3,5,7,13H,2,4,6H2,1H3. The summed E-state index contributed by atoms with van der Waals surface area (Å²) >= 11 is 0. The van der Waals surface area contributed by atoms with E-state index in [0.717, 1.165) is 42.3 Å². The average Bonchev–Trinajstić information content (AvgIpc) is 2.82. The molecular weight excluding hydrogens is 202 g/mol. The summed E-state index contributed by atoms with van der Waals surface area (Å²) in [6.07, 6.45) is 4.34. The molecule has 1 aliphatic heterocycles. The van der Waals surface area contributed by atoms with E-state index in [4.69, 9.17) is 4.42 Å². The maximum atomic E-state index is 5.06. The van der Waals surface area contributed by atoms with Crippen molar-refractivity contribution in [1.82, 2.24) is 15.3 Å². The minimum atomic E-state index is 0.758. The van der Waals surface area contributed by atoms with Crippen LogP contribution in [0.15, 0.2) is 23.0 Å². The lowest BCUT2D eigenvalue weighted by molar-refractivity contribution is 0.567. The highest BCUT2D eigenvalue weighted by molar-refractivity contribution is 5.53. The molecule has 0 fully saturated rings. The molecule has 3 heterocycles. The summed E-state index contributed by atoms with van der Waals surface area (Å²) in [5, 5.41) is 3.33. The van der Waals surface area contributed by atoms with Crippen LogP contribution < -0.4 is 5.32 Å². The monoisotopic (exact) mass is 215 g/mol. The van der Waals surface area contributed by atoms with Gasteiger partial charge in [0, 0.05) is 12.2 Å². The van der Waals surface area contributed by atoms with Crippen LogP contribution in [0.4, 0.5) is 0 Å². The molecule has 0 unspecified atom stereocenters. The van der Waals surface area contributed by atoms with Crippen LogP contribution in [-0.2, 0) is 13.0 Å². The van der Waals surface area contributed by atoms with Crippen LogP contribution in [-0.4, -0.2) is 16.5 Å². The number of nitrogens with zero attached hydrogens (tertiary/aromatic N) is 2. The Labute approximate surface area is 93.7 Å². The van der Waals surface area contributed by atoms with Crippen LogP contribution in [0.2, 0.25) is 0 Å². The number of hydrogen-bond acceptors (Lipinski definition) is 4. The van der Waals surface area contributed by atoms with Gasteiger partial charge in [-0.05, 0) is 31.5 Å². The molecule has 2 aromatic rings. The minimum absolute atomic E-state index is 0.758. The zero-order valence-electron chi connectivity index (χ0n) is 9.16. The zero-order chi connectivity index (χ0) is 11.0. The molecule has 0 amide bonds. The molecule has 0 aromatic carbocycles. The van der Waals surface area contributed by atoms with Crippen molar-refractivity contribution in [2.24, 2.45) is 0 Å². The van der Waals surface area contributed by atoms with E-state index in [0.29, 0.717) is 0 Å². The van der Waals surface area contributed by atoms with Crippen LogP contribution in [0.5, 0.6) is 0 Å². The highest BCUT2D eigenvalue weighted by Gasteiger charge is 2.15. The summed E-state index contributed by atoms with van der Waals surface area (Å²) in [6, 6.07) is 1.89. The quantitative estimate of drug-likeness (QED) is 0.786. The first-order valence-corrected chi connectivity index (χ1v) is 5.44. The summed E-state index contributed by atoms with van der Waals surface area (Å²) in [6.45, 7) is 3.90. The van der Waals surface area contributed by atoms with Gasteiger partial charge < -0.3 is 9.73 Å². The second kappa shape index (κ2) is 3.72. The van der Waals surface area contributed by atoms with Crippen molar-refractivity contribution >= 4 is 0 Å². The van der Waals surface area contributed by atoms with Crippen molar-refractivity contribution in [3.8, 4) is 11.4 Å². The van der Waals surface area contributed by atoms with Gasteiger partial charge >= 0.3 is 0 Å². The Morgan fingerprint density at radius 1 is 1.38 bits per heavy atom. The molecule has 0 spiro atoms. The molecule has 0 atom stereocenters. The second-order valence-corrected chi connectivity index (χ2v) is 4.00. The van der Waals surface area contributed by atoms with E-state index in [1.165, 1.54) is 5.56 Å². The number of fused-ring (bicyclic) bond motifs is 1. The summed E-state index contributed by atoms with van der Waals surface area (Å²) < 4.78 is 5.06. The van der Waals surface area contributed by atoms with Gasteiger partial charge in [0.05, 0.1) is 17.5 Å². The molecule has 0 saturated heterocycles. The minimum Gasteiger partial charge on any atom is -0.472 e. The summed E-state index contributed by atoms with van der Waals surface area (Å²) in [4.78, 5) is 9.11. The third-order valence-corrected chi connectivity index (χ3v) is 2.92. The summed E-state index contributed by atoms with van der Waals surface area (Å²) in [5.41, 5.74) is 4.44. The first-order valence-electron chi connectivity index (χ1n) is 5.44. The molecule has 1 aliphatic rings.